The van der Waals surface area contributed by atoms with Crippen molar-refractivity contribution in [3.8, 4) is 0 Å². The van der Waals surface area contributed by atoms with Crippen molar-refractivity contribution in [1.82, 2.24) is 9.78 Å². The van der Waals surface area contributed by atoms with Crippen molar-refractivity contribution < 1.29 is 5.11 Å². The first-order chi connectivity index (χ1) is 6.72. The number of aliphatic hydroxyl groups is 1. The maximum atomic E-state index is 8.84. The molecule has 0 bridgehead atoms. The Hall–Kier alpha value is -0.870. The van der Waals surface area contributed by atoms with Crippen LogP contribution in [0.15, 0.2) is 6.20 Å². The smallest absolute Gasteiger partial charge is 0.0703 e. The Balaban J connectivity index is 2.21. The van der Waals surface area contributed by atoms with Crippen molar-refractivity contribution in [3.63, 3.8) is 0 Å². The number of aromatic nitrogens is 2. The highest BCUT2D eigenvalue weighted by Crippen LogP contribution is 2.42. The molecule has 1 aliphatic carbocycles. The lowest BCUT2D eigenvalue weighted by atomic mass is 10.0. The predicted molar refractivity (Wildman–Crippen MR) is 53.8 cm³/mol. The molecule has 1 atom stereocenters. The van der Waals surface area contributed by atoms with Crippen molar-refractivity contribution in [2.45, 2.75) is 31.2 Å². The van der Waals surface area contributed by atoms with Crippen molar-refractivity contribution in [1.29, 1.82) is 0 Å². The van der Waals surface area contributed by atoms with E-state index in [0.717, 1.165) is 11.3 Å². The molecule has 14 heavy (non-hydrogen) atoms. The van der Waals surface area contributed by atoms with Crippen LogP contribution in [-0.4, -0.2) is 21.5 Å². The molecule has 0 aromatic carbocycles. The van der Waals surface area contributed by atoms with Gasteiger partial charge in [-0.15, -0.1) is 0 Å². The number of hydrogen-bond acceptors (Lipinski definition) is 3. The standard InChI is InChI=1S/C10H17N3O/c1-13-6-8(9(11)4-5-14)10(12-13)7-2-3-7/h6-7,9,14H,2-5,11H2,1H3. The van der Waals surface area contributed by atoms with Crippen LogP contribution in [0.25, 0.3) is 0 Å². The molecule has 2 rings (SSSR count). The first-order valence-corrected chi connectivity index (χ1v) is 5.12. The predicted octanol–water partition coefficient (Wildman–Crippen LogP) is 0.680. The molecule has 1 aromatic rings. The van der Waals surface area contributed by atoms with Crippen LogP contribution >= 0.6 is 0 Å². The Morgan fingerprint density at radius 3 is 3.00 bits per heavy atom. The average Bonchev–Trinajstić information content (AvgIpc) is 2.90. The Kier molecular flexibility index (Phi) is 2.56. The summed E-state index contributed by atoms with van der Waals surface area (Å²) >= 11 is 0. The van der Waals surface area contributed by atoms with Crippen LogP contribution < -0.4 is 5.73 Å². The molecule has 0 spiro atoms. The van der Waals surface area contributed by atoms with Crippen LogP contribution in [0.5, 0.6) is 0 Å². The quantitative estimate of drug-likeness (QED) is 0.742. The van der Waals surface area contributed by atoms with Gasteiger partial charge in [-0.25, -0.2) is 0 Å². The van der Waals surface area contributed by atoms with Crippen LogP contribution in [0, 0.1) is 0 Å². The molecular formula is C10H17N3O. The lowest BCUT2D eigenvalue weighted by Crippen LogP contribution is -2.12. The topological polar surface area (TPSA) is 64.1 Å². The van der Waals surface area contributed by atoms with E-state index < -0.39 is 0 Å². The molecule has 1 unspecified atom stereocenters. The summed E-state index contributed by atoms with van der Waals surface area (Å²) in [5.41, 5.74) is 8.23. The fourth-order valence-corrected chi connectivity index (χ4v) is 1.78. The molecule has 0 amide bonds. The highest BCUT2D eigenvalue weighted by atomic mass is 16.3. The highest BCUT2D eigenvalue weighted by molar-refractivity contribution is 5.27. The normalized spacial score (nSPS) is 18.5. The van der Waals surface area contributed by atoms with Crippen LogP contribution in [0.3, 0.4) is 0 Å². The number of aliphatic hydroxyl groups excluding tert-OH is 1. The molecule has 3 N–H and O–H groups in total. The second-order valence-corrected chi connectivity index (χ2v) is 4.04. The van der Waals surface area contributed by atoms with Gasteiger partial charge in [0.2, 0.25) is 0 Å². The molecule has 4 nitrogen and oxygen atoms in total. The fraction of sp³-hybridized carbons (Fsp3) is 0.700. The lowest BCUT2D eigenvalue weighted by molar-refractivity contribution is 0.276. The van der Waals surface area contributed by atoms with E-state index in [4.69, 9.17) is 10.8 Å². The summed E-state index contributed by atoms with van der Waals surface area (Å²) in [6.45, 7) is 0.139. The van der Waals surface area contributed by atoms with Crippen molar-refractivity contribution in [2.24, 2.45) is 12.8 Å². The lowest BCUT2D eigenvalue weighted by Gasteiger charge is -2.08. The monoisotopic (exact) mass is 195 g/mol. The average molecular weight is 195 g/mol. The zero-order valence-electron chi connectivity index (χ0n) is 8.48. The minimum Gasteiger partial charge on any atom is -0.396 e. The van der Waals surface area contributed by atoms with Gasteiger partial charge in [0.05, 0.1) is 5.69 Å². The Labute approximate surface area is 83.7 Å². The fourth-order valence-electron chi connectivity index (χ4n) is 1.78. The van der Waals surface area contributed by atoms with Crippen molar-refractivity contribution in [2.75, 3.05) is 6.61 Å². The van der Waals surface area contributed by atoms with Gasteiger partial charge in [-0.3, -0.25) is 4.68 Å². The molecule has 1 fully saturated rings. The van der Waals surface area contributed by atoms with Crippen LogP contribution in [0.1, 0.15) is 42.5 Å². The van der Waals surface area contributed by atoms with E-state index >= 15 is 0 Å². The molecule has 4 heteroatoms. The van der Waals surface area contributed by atoms with Gasteiger partial charge in [0.15, 0.2) is 0 Å². The molecular weight excluding hydrogens is 178 g/mol. The summed E-state index contributed by atoms with van der Waals surface area (Å²) in [5.74, 6) is 0.621. The number of nitrogens with zero attached hydrogens (tertiary/aromatic N) is 2. The maximum Gasteiger partial charge on any atom is 0.0703 e. The van der Waals surface area contributed by atoms with E-state index in [1.54, 1.807) is 0 Å². The Bertz CT molecular complexity index is 317. The molecule has 0 aliphatic heterocycles. The van der Waals surface area contributed by atoms with E-state index in [0.29, 0.717) is 12.3 Å². The van der Waals surface area contributed by atoms with Gasteiger partial charge in [-0.1, -0.05) is 0 Å². The van der Waals surface area contributed by atoms with Crippen LogP contribution in [0.4, 0.5) is 0 Å². The zero-order valence-corrected chi connectivity index (χ0v) is 8.48. The van der Waals surface area contributed by atoms with Gasteiger partial charge in [0.1, 0.15) is 0 Å². The van der Waals surface area contributed by atoms with Gasteiger partial charge in [-0.05, 0) is 19.3 Å². The summed E-state index contributed by atoms with van der Waals surface area (Å²) in [6, 6.07) is -0.0655. The SMILES string of the molecule is Cn1cc(C(N)CCO)c(C2CC2)n1. The number of hydrogen-bond donors (Lipinski definition) is 2. The summed E-state index contributed by atoms with van der Waals surface area (Å²) in [6.07, 6.45) is 5.06. The molecule has 0 radical (unpaired) electrons. The van der Waals surface area contributed by atoms with Gasteiger partial charge in [0, 0.05) is 37.4 Å². The minimum absolute atomic E-state index is 0.0655. The third kappa shape index (κ3) is 1.81. The first kappa shape index (κ1) is 9.68. The van der Waals surface area contributed by atoms with Gasteiger partial charge in [0.25, 0.3) is 0 Å². The summed E-state index contributed by atoms with van der Waals surface area (Å²) in [4.78, 5) is 0. The largest absolute Gasteiger partial charge is 0.396 e. The van der Waals surface area contributed by atoms with E-state index in [2.05, 4.69) is 5.10 Å². The molecule has 78 valence electrons. The first-order valence-electron chi connectivity index (χ1n) is 5.12. The molecule has 1 heterocycles. The van der Waals surface area contributed by atoms with Gasteiger partial charge >= 0.3 is 0 Å². The summed E-state index contributed by atoms with van der Waals surface area (Å²) < 4.78 is 1.82. The third-order valence-corrected chi connectivity index (χ3v) is 2.69. The summed E-state index contributed by atoms with van der Waals surface area (Å²) in [5, 5.41) is 13.3. The van der Waals surface area contributed by atoms with E-state index in [1.807, 2.05) is 17.9 Å². The Morgan fingerprint density at radius 1 is 1.71 bits per heavy atom. The molecule has 1 aromatic heterocycles. The minimum atomic E-state index is -0.0655. The number of rotatable bonds is 4. The maximum absolute atomic E-state index is 8.84. The van der Waals surface area contributed by atoms with Crippen molar-refractivity contribution in [3.05, 3.63) is 17.5 Å². The highest BCUT2D eigenvalue weighted by Gasteiger charge is 2.30. The molecule has 1 aliphatic rings. The molecule has 1 saturated carbocycles. The van der Waals surface area contributed by atoms with Crippen LogP contribution in [0.2, 0.25) is 0 Å². The molecule has 0 saturated heterocycles. The second kappa shape index (κ2) is 3.71. The van der Waals surface area contributed by atoms with E-state index in [1.165, 1.54) is 12.8 Å². The summed E-state index contributed by atoms with van der Waals surface area (Å²) in [7, 11) is 1.92. The van der Waals surface area contributed by atoms with Gasteiger partial charge < -0.3 is 10.8 Å². The van der Waals surface area contributed by atoms with Gasteiger partial charge in [-0.2, -0.15) is 5.10 Å². The van der Waals surface area contributed by atoms with E-state index in [-0.39, 0.29) is 12.6 Å². The Morgan fingerprint density at radius 2 is 2.43 bits per heavy atom. The number of nitrogens with two attached hydrogens (primary N) is 1. The number of aryl methyl sites for hydroxylation is 1. The third-order valence-electron chi connectivity index (χ3n) is 2.69. The van der Waals surface area contributed by atoms with Crippen molar-refractivity contribution >= 4 is 0 Å². The zero-order chi connectivity index (χ0) is 10.1. The van der Waals surface area contributed by atoms with Crippen LogP contribution in [-0.2, 0) is 7.05 Å². The van der Waals surface area contributed by atoms with E-state index in [9.17, 15) is 0 Å². The second-order valence-electron chi connectivity index (χ2n) is 4.04.